The van der Waals surface area contributed by atoms with Crippen molar-refractivity contribution in [2.45, 2.75) is 0 Å². The largest absolute Gasteiger partial charge is 1.00 e. The Morgan fingerprint density at radius 3 is 1.33 bits per heavy atom. The molecule has 4 nitrogen and oxygen atoms in total. The third kappa shape index (κ3) is 68.2. The van der Waals surface area contributed by atoms with Gasteiger partial charge in [0.05, 0.1) is 5.09 Å². The predicted octanol–water partition coefficient (Wildman–Crippen LogP) is -0.242. The summed E-state index contributed by atoms with van der Waals surface area (Å²) >= 11 is 0. The van der Waals surface area contributed by atoms with Crippen LogP contribution in [0.5, 0.6) is 0 Å². The van der Waals surface area contributed by atoms with Crippen molar-refractivity contribution < 1.29 is 63.1 Å². The molecule has 0 heterocycles. The van der Waals surface area contributed by atoms with Crippen LogP contribution in [-0.2, 0) is 22.4 Å². The topological polar surface area (TPSA) is 66.2 Å². The van der Waals surface area contributed by atoms with Gasteiger partial charge in [-0.3, -0.25) is 0 Å². The smallest absolute Gasteiger partial charge is 0.356 e. The van der Waals surface area contributed by atoms with Gasteiger partial charge in [-0.05, 0) is 0 Å². The Bertz CT molecular complexity index is 33.8. The van der Waals surface area contributed by atoms with Crippen molar-refractivity contribution in [3.63, 3.8) is 0 Å². The number of hydrogen-bond donors (Lipinski definition) is 0. The van der Waals surface area contributed by atoms with E-state index in [0.717, 1.165) is 0 Å². The van der Waals surface area contributed by atoms with Crippen LogP contribution in [0.15, 0.2) is 0 Å². The molecule has 0 saturated heterocycles. The summed E-state index contributed by atoms with van der Waals surface area (Å²) in [6.07, 6.45) is 0. The van der Waals surface area contributed by atoms with Gasteiger partial charge >= 0.3 is 22.4 Å². The average Bonchev–Trinajstić information content (AvgIpc) is 0.811. The fraction of sp³-hybridized carbons (Fsp3) is 0. The number of nitrogens with zero attached hydrogens (tertiary/aromatic N) is 1. The summed E-state index contributed by atoms with van der Waals surface area (Å²) in [5, 5.41) is 14.8. The Kier molecular flexibility index (Phi) is 24.8. The molecule has 6 heteroatoms. The molecule has 0 aliphatic heterocycles. The Hall–Kier alpha value is 1.14. The molecule has 0 amide bonds. The minimum atomic E-state index is -1.75. The first-order valence-corrected chi connectivity index (χ1v) is 0.548. The van der Waals surface area contributed by atoms with Crippen LogP contribution in [0.4, 0.5) is 0 Å². The normalized spacial score (nSPS) is 4.00. The van der Waals surface area contributed by atoms with Crippen LogP contribution in [0.3, 0.4) is 0 Å². The van der Waals surface area contributed by atoms with E-state index in [9.17, 15) is 0 Å². The SMILES string of the molecule is O=[N+]([O-])[O-].[Ag+].[La]. The van der Waals surface area contributed by atoms with E-state index in [0.29, 0.717) is 0 Å². The summed E-state index contributed by atoms with van der Waals surface area (Å²) in [7, 11) is 0. The Labute approximate surface area is 77.5 Å². The molecule has 0 aliphatic carbocycles. The number of rotatable bonds is 0. The zero-order valence-electron chi connectivity index (χ0n) is 2.55. The molecule has 0 spiro atoms. The second-order valence-corrected chi connectivity index (χ2v) is 0.224. The maximum Gasteiger partial charge on any atom is 1.00 e. The van der Waals surface area contributed by atoms with E-state index in [1.165, 1.54) is 0 Å². The molecule has 0 unspecified atom stereocenters. The Morgan fingerprint density at radius 2 is 1.33 bits per heavy atom. The molecule has 0 rings (SSSR count). The van der Waals surface area contributed by atoms with E-state index in [1.54, 1.807) is 0 Å². The van der Waals surface area contributed by atoms with E-state index in [2.05, 4.69) is 0 Å². The van der Waals surface area contributed by atoms with Gasteiger partial charge in [-0.1, -0.05) is 0 Å². The number of hydrogen-bond acceptors (Lipinski definition) is 3. The van der Waals surface area contributed by atoms with Crippen LogP contribution in [0.1, 0.15) is 0 Å². The summed E-state index contributed by atoms with van der Waals surface area (Å²) in [6, 6.07) is 0. The minimum Gasteiger partial charge on any atom is -0.356 e. The van der Waals surface area contributed by atoms with Gasteiger partial charge in [0.1, 0.15) is 0 Å². The molecule has 0 aliphatic rings. The van der Waals surface area contributed by atoms with Crippen LogP contribution in [0.25, 0.3) is 0 Å². The maximum atomic E-state index is 8.25. The second-order valence-electron chi connectivity index (χ2n) is 0.224. The summed E-state index contributed by atoms with van der Waals surface area (Å²) in [5.41, 5.74) is 0. The molecule has 0 aromatic heterocycles. The molecule has 0 aromatic carbocycles. The van der Waals surface area contributed by atoms with E-state index < -0.39 is 5.09 Å². The summed E-state index contributed by atoms with van der Waals surface area (Å²) in [4.78, 5) is 8.25. The fourth-order valence-corrected chi connectivity index (χ4v) is 0. The van der Waals surface area contributed by atoms with E-state index in [-0.39, 0.29) is 58.0 Å². The quantitative estimate of drug-likeness (QED) is 0.352. The summed E-state index contributed by atoms with van der Waals surface area (Å²) in [6.45, 7) is 0. The Balaban J connectivity index is -0.0000000450. The molecule has 37 valence electrons. The fourth-order valence-electron chi connectivity index (χ4n) is 0. The molecule has 0 N–H and O–H groups in total. The van der Waals surface area contributed by atoms with Crippen molar-refractivity contribution in [1.29, 1.82) is 0 Å². The van der Waals surface area contributed by atoms with Gasteiger partial charge in [-0.15, -0.1) is 0 Å². The molecule has 0 saturated carbocycles. The zero-order valence-corrected chi connectivity index (χ0v) is 7.66. The van der Waals surface area contributed by atoms with Gasteiger partial charge in [-0.25, -0.2) is 0 Å². The van der Waals surface area contributed by atoms with Crippen molar-refractivity contribution in [3.05, 3.63) is 15.3 Å². The zero-order chi connectivity index (χ0) is 3.58. The van der Waals surface area contributed by atoms with Gasteiger partial charge < -0.3 is 15.3 Å². The van der Waals surface area contributed by atoms with Crippen LogP contribution in [0.2, 0.25) is 0 Å². The van der Waals surface area contributed by atoms with Crippen LogP contribution >= 0.6 is 0 Å². The van der Waals surface area contributed by atoms with Gasteiger partial charge in [0.2, 0.25) is 0 Å². The van der Waals surface area contributed by atoms with E-state index in [1.807, 2.05) is 0 Å². The first kappa shape index (κ1) is 15.7. The average molecular weight is 309 g/mol. The van der Waals surface area contributed by atoms with E-state index >= 15 is 0 Å². The van der Waals surface area contributed by atoms with Crippen molar-refractivity contribution in [1.82, 2.24) is 0 Å². The van der Waals surface area contributed by atoms with Crippen molar-refractivity contribution in [2.24, 2.45) is 0 Å². The first-order chi connectivity index (χ1) is 1.73. The van der Waals surface area contributed by atoms with Gasteiger partial charge in [0.15, 0.2) is 0 Å². The van der Waals surface area contributed by atoms with Crippen molar-refractivity contribution in [2.75, 3.05) is 0 Å². The maximum absolute atomic E-state index is 8.25. The molecule has 6 heavy (non-hydrogen) atoms. The van der Waals surface area contributed by atoms with E-state index in [4.69, 9.17) is 15.3 Å². The monoisotopic (exact) mass is 308 g/mol. The van der Waals surface area contributed by atoms with Crippen molar-refractivity contribution >= 4 is 0 Å². The molecule has 0 aromatic rings. The van der Waals surface area contributed by atoms with Gasteiger partial charge in [0.25, 0.3) is 0 Å². The second kappa shape index (κ2) is 9.46. The third-order valence-electron chi connectivity index (χ3n) is 0. The first-order valence-electron chi connectivity index (χ1n) is 0.548. The summed E-state index contributed by atoms with van der Waals surface area (Å²) < 4.78 is 0. The molecule has 0 bridgehead atoms. The van der Waals surface area contributed by atoms with Crippen LogP contribution in [-0.4, -0.2) is 5.09 Å². The van der Waals surface area contributed by atoms with Crippen molar-refractivity contribution in [3.8, 4) is 0 Å². The molecular formula is AgLaNO3. The van der Waals surface area contributed by atoms with Gasteiger partial charge in [-0.2, -0.15) is 0 Å². The van der Waals surface area contributed by atoms with Gasteiger partial charge in [0, 0.05) is 35.6 Å². The Morgan fingerprint density at radius 1 is 1.33 bits per heavy atom. The van der Waals surface area contributed by atoms with Crippen LogP contribution < -0.4 is 0 Å². The van der Waals surface area contributed by atoms with Crippen LogP contribution in [0, 0.1) is 50.9 Å². The summed E-state index contributed by atoms with van der Waals surface area (Å²) in [5.74, 6) is 0. The predicted molar refractivity (Wildman–Crippen MR) is 10.4 cm³/mol. The minimum absolute atomic E-state index is 0. The standard InChI is InChI=1S/Ag.La.NO3/c;;2-1(3)4/q+1;;-1. The molecule has 0 atom stereocenters. The third-order valence-corrected chi connectivity index (χ3v) is 0. The molecular weight excluding hydrogens is 309 g/mol. The molecule has 1 radical (unpaired) electrons. The molecule has 0 fully saturated rings.